The first kappa shape index (κ1) is 10.2. The number of hydrogen-bond donors (Lipinski definition) is 2. The largest absolute Gasteiger partial charge is 0.337 e. The van der Waals surface area contributed by atoms with Crippen LogP contribution in [0.4, 0.5) is 4.79 Å². The number of rotatable bonds is 2. The minimum Gasteiger partial charge on any atom is -0.337 e. The highest BCUT2D eigenvalue weighted by atomic mass is 16.2. The molecule has 1 amide bonds. The molecular weight excluding hydrogens is 190 g/mol. The fraction of sp³-hybridized carbons (Fsp3) is 0.545. The monoisotopic (exact) mass is 207 g/mol. The smallest absolute Gasteiger partial charge is 0.325 e. The van der Waals surface area contributed by atoms with Crippen LogP contribution in [0.5, 0.6) is 0 Å². The van der Waals surface area contributed by atoms with E-state index in [2.05, 4.69) is 10.6 Å². The van der Waals surface area contributed by atoms with Gasteiger partial charge in [0, 0.05) is 18.9 Å². The lowest BCUT2D eigenvalue weighted by molar-refractivity contribution is 0.238. The summed E-state index contributed by atoms with van der Waals surface area (Å²) in [6.45, 7) is 2.94. The van der Waals surface area contributed by atoms with Crippen molar-refractivity contribution in [1.29, 1.82) is 0 Å². The van der Waals surface area contributed by atoms with E-state index in [4.69, 9.17) is 0 Å². The molecule has 2 N–H and O–H groups in total. The molecule has 0 unspecified atom stereocenters. The summed E-state index contributed by atoms with van der Waals surface area (Å²) >= 11 is 0. The molecule has 1 aliphatic rings. The van der Waals surface area contributed by atoms with Crippen LogP contribution >= 0.6 is 0 Å². The van der Waals surface area contributed by atoms with E-state index in [9.17, 15) is 4.79 Å². The number of nitrogens with one attached hydrogen (secondary N) is 2. The number of hydrogen-bond acceptors (Lipinski definition) is 2. The fourth-order valence-electron chi connectivity index (χ4n) is 1.88. The molecule has 0 saturated carbocycles. The third-order valence-corrected chi connectivity index (χ3v) is 2.84. The van der Waals surface area contributed by atoms with Crippen LogP contribution in [0.2, 0.25) is 0 Å². The van der Waals surface area contributed by atoms with E-state index in [1.807, 2.05) is 12.1 Å². The average molecular weight is 207 g/mol. The maximum atomic E-state index is 11.6. The summed E-state index contributed by atoms with van der Waals surface area (Å²) in [6, 6.07) is 3.67. The highest BCUT2D eigenvalue weighted by molar-refractivity contribution is 5.76. The van der Waals surface area contributed by atoms with Gasteiger partial charge in [-0.1, -0.05) is 0 Å². The van der Waals surface area contributed by atoms with Gasteiger partial charge in [-0.15, -0.1) is 0 Å². The van der Waals surface area contributed by atoms with Gasteiger partial charge in [-0.05, 0) is 44.0 Å². The maximum absolute atomic E-state index is 11.6. The summed E-state index contributed by atoms with van der Waals surface area (Å²) in [5.41, 5.74) is 0. The normalized spacial score (nSPS) is 17.6. The van der Waals surface area contributed by atoms with Crippen LogP contribution in [0.1, 0.15) is 12.8 Å². The lowest BCUT2D eigenvalue weighted by atomic mass is 9.98. The topological polar surface area (TPSA) is 46.1 Å². The van der Waals surface area contributed by atoms with Gasteiger partial charge in [0.15, 0.2) is 0 Å². The van der Waals surface area contributed by atoms with Gasteiger partial charge in [-0.2, -0.15) is 0 Å². The van der Waals surface area contributed by atoms with Crippen molar-refractivity contribution in [3.63, 3.8) is 0 Å². The van der Waals surface area contributed by atoms with Crippen LogP contribution in [-0.2, 0) is 0 Å². The first-order chi connectivity index (χ1) is 7.36. The van der Waals surface area contributed by atoms with Gasteiger partial charge in [0.25, 0.3) is 0 Å². The summed E-state index contributed by atoms with van der Waals surface area (Å²) in [5, 5.41) is 6.26. The van der Waals surface area contributed by atoms with Crippen molar-refractivity contribution in [2.75, 3.05) is 19.6 Å². The van der Waals surface area contributed by atoms with Crippen molar-refractivity contribution < 1.29 is 4.79 Å². The summed E-state index contributed by atoms with van der Waals surface area (Å²) in [6.07, 6.45) is 5.84. The molecular formula is C11H17N3O. The third-order valence-electron chi connectivity index (χ3n) is 2.84. The van der Waals surface area contributed by atoms with Crippen LogP contribution in [0.3, 0.4) is 0 Å². The molecule has 0 radical (unpaired) electrons. The highest BCUT2D eigenvalue weighted by Crippen LogP contribution is 2.09. The quantitative estimate of drug-likeness (QED) is 0.761. The first-order valence-electron chi connectivity index (χ1n) is 5.48. The van der Waals surface area contributed by atoms with Gasteiger partial charge in [0.1, 0.15) is 0 Å². The zero-order valence-corrected chi connectivity index (χ0v) is 8.78. The molecule has 1 saturated heterocycles. The van der Waals surface area contributed by atoms with E-state index in [1.54, 1.807) is 17.0 Å². The van der Waals surface area contributed by atoms with Gasteiger partial charge in [0.05, 0.1) is 0 Å². The summed E-state index contributed by atoms with van der Waals surface area (Å²) < 4.78 is 1.57. The lowest BCUT2D eigenvalue weighted by Gasteiger charge is -2.22. The minimum absolute atomic E-state index is 0.0291. The predicted molar refractivity (Wildman–Crippen MR) is 58.8 cm³/mol. The number of carbonyl (C=O) groups excluding carboxylic acids is 1. The second-order valence-electron chi connectivity index (χ2n) is 3.97. The van der Waals surface area contributed by atoms with Gasteiger partial charge < -0.3 is 10.6 Å². The zero-order valence-electron chi connectivity index (χ0n) is 8.78. The summed E-state index contributed by atoms with van der Waals surface area (Å²) in [7, 11) is 0. The molecule has 0 aromatic carbocycles. The SMILES string of the molecule is O=C(NCC1CCNCC1)n1cccc1. The Kier molecular flexibility index (Phi) is 3.40. The van der Waals surface area contributed by atoms with Crippen molar-refractivity contribution in [1.82, 2.24) is 15.2 Å². The van der Waals surface area contributed by atoms with Gasteiger partial charge >= 0.3 is 6.03 Å². The van der Waals surface area contributed by atoms with Gasteiger partial charge in [0.2, 0.25) is 0 Å². The molecule has 4 nitrogen and oxygen atoms in total. The van der Waals surface area contributed by atoms with Crippen molar-refractivity contribution in [3.05, 3.63) is 24.5 Å². The Morgan fingerprint density at radius 3 is 2.67 bits per heavy atom. The van der Waals surface area contributed by atoms with Crippen LogP contribution in [0, 0.1) is 5.92 Å². The summed E-state index contributed by atoms with van der Waals surface area (Å²) in [5.74, 6) is 0.630. The predicted octanol–water partition coefficient (Wildman–Crippen LogP) is 1.05. The Morgan fingerprint density at radius 1 is 1.33 bits per heavy atom. The van der Waals surface area contributed by atoms with Crippen molar-refractivity contribution in [2.24, 2.45) is 5.92 Å². The van der Waals surface area contributed by atoms with Crippen molar-refractivity contribution in [2.45, 2.75) is 12.8 Å². The van der Waals surface area contributed by atoms with Gasteiger partial charge in [-0.3, -0.25) is 4.57 Å². The van der Waals surface area contributed by atoms with Crippen LogP contribution in [0.15, 0.2) is 24.5 Å². The molecule has 1 aromatic rings. The van der Waals surface area contributed by atoms with E-state index in [-0.39, 0.29) is 6.03 Å². The zero-order chi connectivity index (χ0) is 10.5. The number of nitrogens with zero attached hydrogens (tertiary/aromatic N) is 1. The van der Waals surface area contributed by atoms with Crippen molar-refractivity contribution >= 4 is 6.03 Å². The Labute approximate surface area is 89.7 Å². The Bertz CT molecular complexity index is 302. The molecule has 1 fully saturated rings. The molecule has 15 heavy (non-hydrogen) atoms. The number of aromatic nitrogens is 1. The minimum atomic E-state index is -0.0291. The standard InChI is InChI=1S/C11H17N3O/c15-11(14-7-1-2-8-14)13-9-10-3-5-12-6-4-10/h1-2,7-8,10,12H,3-6,9H2,(H,13,15). The number of piperidine rings is 1. The Morgan fingerprint density at radius 2 is 2.00 bits per heavy atom. The fourth-order valence-corrected chi connectivity index (χ4v) is 1.88. The van der Waals surface area contributed by atoms with Gasteiger partial charge in [-0.25, -0.2) is 4.79 Å². The molecule has 1 aromatic heterocycles. The highest BCUT2D eigenvalue weighted by Gasteiger charge is 2.13. The molecule has 2 rings (SSSR count). The van der Waals surface area contributed by atoms with E-state index < -0.39 is 0 Å². The second kappa shape index (κ2) is 4.98. The van der Waals surface area contributed by atoms with Crippen LogP contribution in [-0.4, -0.2) is 30.2 Å². The molecule has 4 heteroatoms. The van der Waals surface area contributed by atoms with Crippen LogP contribution < -0.4 is 10.6 Å². The van der Waals surface area contributed by atoms with E-state index in [0.29, 0.717) is 5.92 Å². The van der Waals surface area contributed by atoms with E-state index in [0.717, 1.165) is 32.5 Å². The summed E-state index contributed by atoms with van der Waals surface area (Å²) in [4.78, 5) is 11.6. The molecule has 82 valence electrons. The number of amides is 1. The molecule has 0 bridgehead atoms. The molecule has 0 atom stereocenters. The third kappa shape index (κ3) is 2.83. The van der Waals surface area contributed by atoms with E-state index in [1.165, 1.54) is 0 Å². The molecule has 0 aliphatic carbocycles. The maximum Gasteiger partial charge on any atom is 0.325 e. The molecule has 1 aliphatic heterocycles. The molecule has 2 heterocycles. The number of carbonyl (C=O) groups is 1. The lowest BCUT2D eigenvalue weighted by Crippen LogP contribution is -2.37. The molecule has 0 spiro atoms. The second-order valence-corrected chi connectivity index (χ2v) is 3.97. The van der Waals surface area contributed by atoms with Crippen LogP contribution in [0.25, 0.3) is 0 Å². The average Bonchev–Trinajstić information content (AvgIpc) is 2.81. The first-order valence-corrected chi connectivity index (χ1v) is 5.48. The van der Waals surface area contributed by atoms with E-state index >= 15 is 0 Å². The van der Waals surface area contributed by atoms with Crippen molar-refractivity contribution in [3.8, 4) is 0 Å². The Hall–Kier alpha value is -1.29. The Balaban J connectivity index is 1.75.